The lowest BCUT2D eigenvalue weighted by Gasteiger charge is -2.42. The van der Waals surface area contributed by atoms with E-state index in [-0.39, 0.29) is 5.69 Å². The van der Waals surface area contributed by atoms with Crippen molar-refractivity contribution in [2.45, 2.75) is 19.8 Å². The minimum Gasteiger partial charge on any atom is -0.493 e. The molecule has 0 bridgehead atoms. The van der Waals surface area contributed by atoms with E-state index in [1.807, 2.05) is 13.8 Å². The summed E-state index contributed by atoms with van der Waals surface area (Å²) in [7, 11) is 0.409. The zero-order valence-electron chi connectivity index (χ0n) is 31.9. The van der Waals surface area contributed by atoms with E-state index in [4.69, 9.17) is 36.8 Å². The number of likely N-dealkylation sites (N-methyl/N-ethyl adjacent to an activating group) is 2. The van der Waals surface area contributed by atoms with Crippen LogP contribution >= 0.6 is 0 Å². The molecule has 0 aliphatic carbocycles. The zero-order valence-corrected chi connectivity index (χ0v) is 33.5. The summed E-state index contributed by atoms with van der Waals surface area (Å²) in [5, 5.41) is 0. The molecule has 0 unspecified atom stereocenters. The van der Waals surface area contributed by atoms with Gasteiger partial charge < -0.3 is 38.2 Å². The van der Waals surface area contributed by atoms with E-state index in [2.05, 4.69) is 9.97 Å². The minimum atomic E-state index is -4.34. The predicted octanol–water partition coefficient (Wildman–Crippen LogP) is 4.82. The molecule has 0 amide bonds. The lowest BCUT2D eigenvalue weighted by molar-refractivity contribution is -0.0930. The van der Waals surface area contributed by atoms with E-state index in [1.165, 1.54) is 52.8 Å². The summed E-state index contributed by atoms with van der Waals surface area (Å²) in [6, 6.07) is 13.7. The summed E-state index contributed by atoms with van der Waals surface area (Å²) in [6.07, 6.45) is 4.55. The Bertz CT molecular complexity index is 2030. The Balaban J connectivity index is 1.72. The van der Waals surface area contributed by atoms with Gasteiger partial charge in [0.25, 0.3) is 20.2 Å². The number of anilines is 2. The molecule has 54 heavy (non-hydrogen) atoms. The Morgan fingerprint density at radius 3 is 1.28 bits per heavy atom. The highest BCUT2D eigenvalue weighted by Gasteiger charge is 2.46. The molecule has 0 aliphatic heterocycles. The van der Waals surface area contributed by atoms with Crippen molar-refractivity contribution in [3.63, 3.8) is 0 Å². The lowest BCUT2D eigenvalue weighted by Crippen LogP contribution is -2.59. The van der Waals surface area contributed by atoms with Crippen LogP contribution in [0.4, 0.5) is 11.4 Å². The molecule has 0 radical (unpaired) electrons. The van der Waals surface area contributed by atoms with Crippen molar-refractivity contribution < 1.29 is 53.6 Å². The largest absolute Gasteiger partial charge is 0.493 e. The van der Waals surface area contributed by atoms with Gasteiger partial charge in [0.2, 0.25) is 11.5 Å². The van der Waals surface area contributed by atoms with Crippen molar-refractivity contribution in [2.24, 2.45) is 0 Å². The molecule has 0 atom stereocenters. The first-order valence-corrected chi connectivity index (χ1v) is 20.1. The monoisotopic (exact) mass is 790 g/mol. The lowest BCUT2D eigenvalue weighted by atomic mass is 10.1. The van der Waals surface area contributed by atoms with Gasteiger partial charge in [0.05, 0.1) is 95.9 Å². The first kappa shape index (κ1) is 41.7. The van der Waals surface area contributed by atoms with Crippen LogP contribution in [0, 0.1) is 0 Å². The average molecular weight is 791 g/mol. The van der Waals surface area contributed by atoms with Gasteiger partial charge in [-0.1, -0.05) is 0 Å². The summed E-state index contributed by atoms with van der Waals surface area (Å²) in [5.74, 6) is 0.231. The third kappa shape index (κ3) is 9.93. The molecule has 0 fully saturated rings. The molecule has 2 aromatic heterocycles. The molecule has 0 N–H and O–H groups in total. The first-order chi connectivity index (χ1) is 25.5. The smallest absolute Gasteiger partial charge is 0.300 e. The molecular weight excluding hydrogens is 745 g/mol. The Hall–Kier alpha value is -5.04. The molecule has 4 aromatic rings. The van der Waals surface area contributed by atoms with Crippen LogP contribution in [0.1, 0.15) is 13.8 Å². The standard InChI is InChI=1S/C36H46N4O12S2/c1-11-49-34-30(45-5)17-24(18-31(34)46-6)28-15-13-26(21-37-28)39(3)23-36(51-53(9,41)42,52-54(10,43)44)40(4)27-14-16-29(38-22-27)25-19-32(47-7)35(50-12-2)33(20-25)48-8/h13-22H,11-12,23H2,1-10H3. The fraction of sp³-hybridized carbons (Fsp3) is 0.389. The number of hydrogen-bond acceptors (Lipinski definition) is 16. The summed E-state index contributed by atoms with van der Waals surface area (Å²) < 4.78 is 95.6. The Morgan fingerprint density at radius 2 is 0.981 bits per heavy atom. The maximum absolute atomic E-state index is 12.8. The van der Waals surface area contributed by atoms with E-state index in [1.54, 1.807) is 60.5 Å². The zero-order chi connectivity index (χ0) is 39.8. The second-order valence-corrected chi connectivity index (χ2v) is 14.9. The molecule has 0 aliphatic rings. The number of ether oxygens (including phenoxy) is 6. The molecule has 2 aromatic carbocycles. The van der Waals surface area contributed by atoms with Crippen LogP contribution in [-0.2, 0) is 28.6 Å². The molecule has 18 heteroatoms. The van der Waals surface area contributed by atoms with Crippen molar-refractivity contribution in [2.75, 3.05) is 84.6 Å². The van der Waals surface area contributed by atoms with Crippen molar-refractivity contribution in [1.82, 2.24) is 9.97 Å². The molecule has 16 nitrogen and oxygen atoms in total. The number of benzene rings is 2. The van der Waals surface area contributed by atoms with Crippen molar-refractivity contribution in [1.29, 1.82) is 0 Å². The first-order valence-electron chi connectivity index (χ1n) is 16.5. The molecule has 0 saturated heterocycles. The van der Waals surface area contributed by atoms with Crippen LogP contribution < -0.4 is 38.2 Å². The summed E-state index contributed by atoms with van der Waals surface area (Å²) in [4.78, 5) is 11.9. The van der Waals surface area contributed by atoms with Crippen LogP contribution in [0.25, 0.3) is 22.5 Å². The average Bonchev–Trinajstić information content (AvgIpc) is 3.13. The molecule has 0 saturated carbocycles. The van der Waals surface area contributed by atoms with E-state index in [0.717, 1.165) is 12.5 Å². The van der Waals surface area contributed by atoms with Crippen LogP contribution in [0.15, 0.2) is 60.9 Å². The van der Waals surface area contributed by atoms with E-state index in [0.29, 0.717) is 75.9 Å². The Morgan fingerprint density at radius 1 is 0.611 bits per heavy atom. The van der Waals surface area contributed by atoms with Crippen LogP contribution in [0.3, 0.4) is 0 Å². The van der Waals surface area contributed by atoms with Crippen LogP contribution in [0.5, 0.6) is 34.5 Å². The van der Waals surface area contributed by atoms with Gasteiger partial charge in [-0.25, -0.2) is 8.37 Å². The van der Waals surface area contributed by atoms with Gasteiger partial charge in [0.1, 0.15) is 0 Å². The summed E-state index contributed by atoms with van der Waals surface area (Å²) in [5.41, 5.74) is 3.10. The predicted molar refractivity (Wildman–Crippen MR) is 204 cm³/mol. The molecule has 294 valence electrons. The van der Waals surface area contributed by atoms with E-state index < -0.39 is 32.7 Å². The fourth-order valence-electron chi connectivity index (χ4n) is 5.51. The number of pyridine rings is 2. The highest BCUT2D eigenvalue weighted by Crippen LogP contribution is 2.43. The Kier molecular flexibility index (Phi) is 13.4. The van der Waals surface area contributed by atoms with Gasteiger partial charge in [0.15, 0.2) is 23.0 Å². The van der Waals surface area contributed by atoms with Gasteiger partial charge in [-0.05, 0) is 62.4 Å². The highest BCUT2D eigenvalue weighted by molar-refractivity contribution is 7.86. The summed E-state index contributed by atoms with van der Waals surface area (Å²) >= 11 is 0. The third-order valence-corrected chi connectivity index (χ3v) is 9.05. The summed E-state index contributed by atoms with van der Waals surface area (Å²) in [6.45, 7) is 4.06. The SMILES string of the molecule is CCOc1c(OC)cc(-c2ccc(N(C)CC(OS(C)(=O)=O)(OS(C)(=O)=O)N(C)c3ccc(-c4cc(OC)c(OCC)c(OC)c4)nc3)cn2)cc1OC. The van der Waals surface area contributed by atoms with Crippen molar-refractivity contribution >= 4 is 31.6 Å². The normalized spacial score (nSPS) is 11.8. The third-order valence-electron chi connectivity index (χ3n) is 7.93. The quantitative estimate of drug-likeness (QED) is 0.0933. The Labute approximate surface area is 316 Å². The van der Waals surface area contributed by atoms with Gasteiger partial charge in [0, 0.05) is 25.2 Å². The number of hydrogen-bond donors (Lipinski definition) is 0. The number of methoxy groups -OCH3 is 4. The van der Waals surface area contributed by atoms with Crippen LogP contribution in [-0.4, -0.2) is 108 Å². The number of rotatable bonds is 19. The minimum absolute atomic E-state index is 0.260. The number of aromatic nitrogens is 2. The molecular formula is C36H46N4O12S2. The van der Waals surface area contributed by atoms with Gasteiger partial charge >= 0.3 is 5.91 Å². The second-order valence-electron chi connectivity index (χ2n) is 11.8. The fourth-order valence-corrected chi connectivity index (χ4v) is 6.90. The maximum atomic E-state index is 12.8. The molecule has 4 rings (SSSR count). The maximum Gasteiger partial charge on any atom is 0.300 e. The second kappa shape index (κ2) is 17.4. The topological polar surface area (TPSA) is 174 Å². The van der Waals surface area contributed by atoms with Crippen LogP contribution in [0.2, 0.25) is 0 Å². The molecule has 0 spiro atoms. The van der Waals surface area contributed by atoms with Gasteiger partial charge in [-0.2, -0.15) is 16.8 Å². The van der Waals surface area contributed by atoms with Gasteiger partial charge in [-0.15, -0.1) is 0 Å². The van der Waals surface area contributed by atoms with E-state index in [9.17, 15) is 16.8 Å². The van der Waals surface area contributed by atoms with E-state index >= 15 is 0 Å². The van der Waals surface area contributed by atoms with Crippen molar-refractivity contribution in [3.05, 3.63) is 60.9 Å². The highest BCUT2D eigenvalue weighted by atomic mass is 32.2. The number of nitrogens with zero attached hydrogens (tertiary/aromatic N) is 4. The molecule has 2 heterocycles. The van der Waals surface area contributed by atoms with Gasteiger partial charge in [-0.3, -0.25) is 9.97 Å². The van der Waals surface area contributed by atoms with Crippen molar-refractivity contribution in [3.8, 4) is 57.0 Å².